The molecular weight excluding hydrogens is 310 g/mol. The predicted octanol–water partition coefficient (Wildman–Crippen LogP) is 2.62. The fourth-order valence-corrected chi connectivity index (χ4v) is 3.27. The van der Waals surface area contributed by atoms with Crippen molar-refractivity contribution in [3.63, 3.8) is 0 Å². The minimum Gasteiger partial charge on any atom is -0.370 e. The molecule has 1 fully saturated rings. The molecule has 1 heterocycles. The van der Waals surface area contributed by atoms with E-state index in [0.717, 1.165) is 29.1 Å². The fourth-order valence-electron chi connectivity index (χ4n) is 1.90. The van der Waals surface area contributed by atoms with Crippen LogP contribution >= 0.6 is 27.7 Å². The van der Waals surface area contributed by atoms with Gasteiger partial charge in [0, 0.05) is 29.1 Å². The van der Waals surface area contributed by atoms with Crippen molar-refractivity contribution in [1.29, 1.82) is 0 Å². The topological polar surface area (TPSA) is 41.6 Å². The zero-order valence-electron chi connectivity index (χ0n) is 10.5. The van der Waals surface area contributed by atoms with Crippen LogP contribution in [-0.2, 0) is 6.54 Å². The van der Waals surface area contributed by atoms with Crippen LogP contribution in [0, 0.1) is 6.92 Å². The number of rotatable bonds is 2. The standard InChI is InChI=1S/C13H18BrN3S/c1-10-8-12(14)3-2-11(10)9-16-13(15)17-4-6-18-7-5-17/h2-3,8H,4-7,9H2,1H3,(H2,15,16). The first kappa shape index (κ1) is 13.7. The molecule has 0 unspecified atom stereocenters. The Balaban J connectivity index is 2.00. The summed E-state index contributed by atoms with van der Waals surface area (Å²) in [4.78, 5) is 6.68. The van der Waals surface area contributed by atoms with Crippen LogP contribution in [-0.4, -0.2) is 35.5 Å². The fraction of sp³-hybridized carbons (Fsp3) is 0.462. The van der Waals surface area contributed by atoms with Crippen molar-refractivity contribution in [1.82, 2.24) is 4.90 Å². The minimum atomic E-state index is 0.661. The molecule has 0 saturated carbocycles. The smallest absolute Gasteiger partial charge is 0.191 e. The Kier molecular flexibility index (Phi) is 4.95. The summed E-state index contributed by atoms with van der Waals surface area (Å²) in [5.74, 6) is 2.97. The molecular formula is C13H18BrN3S. The van der Waals surface area contributed by atoms with Crippen molar-refractivity contribution < 1.29 is 0 Å². The van der Waals surface area contributed by atoms with Crippen LogP contribution in [0.4, 0.5) is 0 Å². The normalized spacial score (nSPS) is 17.0. The lowest BCUT2D eigenvalue weighted by atomic mass is 10.1. The van der Waals surface area contributed by atoms with Crippen LogP contribution in [0.2, 0.25) is 0 Å². The number of thioether (sulfide) groups is 1. The van der Waals surface area contributed by atoms with E-state index in [-0.39, 0.29) is 0 Å². The number of aryl methyl sites for hydroxylation is 1. The lowest BCUT2D eigenvalue weighted by Crippen LogP contribution is -2.42. The molecule has 5 heteroatoms. The molecule has 2 N–H and O–H groups in total. The van der Waals surface area contributed by atoms with E-state index in [9.17, 15) is 0 Å². The van der Waals surface area contributed by atoms with Crippen LogP contribution in [0.15, 0.2) is 27.7 Å². The van der Waals surface area contributed by atoms with E-state index < -0.39 is 0 Å². The Morgan fingerprint density at radius 3 is 2.83 bits per heavy atom. The van der Waals surface area contributed by atoms with Crippen LogP contribution in [0.25, 0.3) is 0 Å². The quantitative estimate of drug-likeness (QED) is 0.670. The minimum absolute atomic E-state index is 0.661. The number of hydrogen-bond donors (Lipinski definition) is 1. The molecule has 1 aliphatic rings. The molecule has 0 spiro atoms. The van der Waals surface area contributed by atoms with Gasteiger partial charge >= 0.3 is 0 Å². The first-order valence-electron chi connectivity index (χ1n) is 6.04. The third kappa shape index (κ3) is 3.65. The molecule has 0 atom stereocenters. The number of hydrogen-bond acceptors (Lipinski definition) is 2. The molecule has 0 aliphatic carbocycles. The van der Waals surface area contributed by atoms with Gasteiger partial charge in [-0.1, -0.05) is 22.0 Å². The number of aliphatic imine (C=N–C) groups is 1. The maximum atomic E-state index is 6.03. The summed E-state index contributed by atoms with van der Waals surface area (Å²) in [6, 6.07) is 6.26. The average Bonchev–Trinajstić information content (AvgIpc) is 2.38. The molecule has 3 nitrogen and oxygen atoms in total. The summed E-state index contributed by atoms with van der Waals surface area (Å²) in [6.07, 6.45) is 0. The van der Waals surface area contributed by atoms with Crippen molar-refractivity contribution in [2.75, 3.05) is 24.6 Å². The van der Waals surface area contributed by atoms with Gasteiger partial charge in [0.2, 0.25) is 0 Å². The molecule has 0 amide bonds. The van der Waals surface area contributed by atoms with Gasteiger partial charge in [0.15, 0.2) is 5.96 Å². The van der Waals surface area contributed by atoms with Crippen molar-refractivity contribution in [2.24, 2.45) is 10.7 Å². The zero-order chi connectivity index (χ0) is 13.0. The predicted molar refractivity (Wildman–Crippen MR) is 83.1 cm³/mol. The van der Waals surface area contributed by atoms with Crippen LogP contribution in [0.1, 0.15) is 11.1 Å². The number of nitrogens with two attached hydrogens (primary N) is 1. The zero-order valence-corrected chi connectivity index (χ0v) is 12.9. The van der Waals surface area contributed by atoms with Gasteiger partial charge in [-0.25, -0.2) is 4.99 Å². The first-order chi connectivity index (χ1) is 8.66. The molecule has 1 saturated heterocycles. The highest BCUT2D eigenvalue weighted by molar-refractivity contribution is 9.10. The average molecular weight is 328 g/mol. The molecule has 0 bridgehead atoms. The Labute approximate surface area is 121 Å². The second-order valence-electron chi connectivity index (χ2n) is 4.34. The van der Waals surface area contributed by atoms with Gasteiger partial charge in [-0.15, -0.1) is 0 Å². The van der Waals surface area contributed by atoms with Crippen molar-refractivity contribution in [3.05, 3.63) is 33.8 Å². The maximum absolute atomic E-state index is 6.03. The van der Waals surface area contributed by atoms with Gasteiger partial charge in [0.25, 0.3) is 0 Å². The van der Waals surface area contributed by atoms with Crippen molar-refractivity contribution >= 4 is 33.7 Å². The van der Waals surface area contributed by atoms with Crippen LogP contribution in [0.3, 0.4) is 0 Å². The number of halogens is 1. The Morgan fingerprint density at radius 1 is 1.44 bits per heavy atom. The van der Waals surface area contributed by atoms with Gasteiger partial charge in [-0.3, -0.25) is 0 Å². The molecule has 1 aromatic carbocycles. The van der Waals surface area contributed by atoms with Crippen LogP contribution < -0.4 is 5.73 Å². The highest BCUT2D eigenvalue weighted by Crippen LogP contribution is 2.16. The van der Waals surface area contributed by atoms with E-state index in [1.807, 2.05) is 17.8 Å². The summed E-state index contributed by atoms with van der Waals surface area (Å²) >= 11 is 5.44. The number of benzene rings is 1. The summed E-state index contributed by atoms with van der Waals surface area (Å²) in [6.45, 7) is 4.79. The second kappa shape index (κ2) is 6.48. The third-order valence-corrected chi connectivity index (χ3v) is 4.49. The van der Waals surface area contributed by atoms with Crippen LogP contribution in [0.5, 0.6) is 0 Å². The van der Waals surface area contributed by atoms with Crippen molar-refractivity contribution in [2.45, 2.75) is 13.5 Å². The SMILES string of the molecule is Cc1cc(Br)ccc1CN=C(N)N1CCSCC1. The van der Waals surface area contributed by atoms with E-state index in [1.54, 1.807) is 0 Å². The lowest BCUT2D eigenvalue weighted by molar-refractivity contribution is 0.455. The number of guanidine groups is 1. The molecule has 0 aromatic heterocycles. The molecule has 18 heavy (non-hydrogen) atoms. The van der Waals surface area contributed by atoms with Crippen molar-refractivity contribution in [3.8, 4) is 0 Å². The summed E-state index contributed by atoms with van der Waals surface area (Å²) in [7, 11) is 0. The second-order valence-corrected chi connectivity index (χ2v) is 6.49. The largest absolute Gasteiger partial charge is 0.370 e. The highest BCUT2D eigenvalue weighted by Gasteiger charge is 2.11. The van der Waals surface area contributed by atoms with E-state index in [1.165, 1.54) is 11.1 Å². The van der Waals surface area contributed by atoms with E-state index in [0.29, 0.717) is 12.5 Å². The maximum Gasteiger partial charge on any atom is 0.191 e. The Hall–Kier alpha value is -0.680. The van der Waals surface area contributed by atoms with Gasteiger partial charge in [-0.05, 0) is 30.2 Å². The summed E-state index contributed by atoms with van der Waals surface area (Å²) in [5.41, 5.74) is 8.51. The molecule has 1 aromatic rings. The summed E-state index contributed by atoms with van der Waals surface area (Å²) < 4.78 is 1.11. The Bertz CT molecular complexity index is 442. The van der Waals surface area contributed by atoms with Gasteiger partial charge < -0.3 is 10.6 Å². The molecule has 0 radical (unpaired) electrons. The van der Waals surface area contributed by atoms with Gasteiger partial charge in [-0.2, -0.15) is 11.8 Å². The Morgan fingerprint density at radius 2 is 2.17 bits per heavy atom. The number of nitrogens with zero attached hydrogens (tertiary/aromatic N) is 2. The molecule has 98 valence electrons. The molecule has 1 aliphatic heterocycles. The van der Waals surface area contributed by atoms with E-state index in [4.69, 9.17) is 5.73 Å². The monoisotopic (exact) mass is 327 g/mol. The third-order valence-electron chi connectivity index (χ3n) is 3.05. The van der Waals surface area contributed by atoms with E-state index in [2.05, 4.69) is 44.9 Å². The van der Waals surface area contributed by atoms with Gasteiger partial charge in [0.1, 0.15) is 0 Å². The van der Waals surface area contributed by atoms with E-state index >= 15 is 0 Å². The highest BCUT2D eigenvalue weighted by atomic mass is 79.9. The lowest BCUT2D eigenvalue weighted by Gasteiger charge is -2.27. The first-order valence-corrected chi connectivity index (χ1v) is 7.99. The van der Waals surface area contributed by atoms with Gasteiger partial charge in [0.05, 0.1) is 6.54 Å². The molecule has 2 rings (SSSR count). The summed E-state index contributed by atoms with van der Waals surface area (Å²) in [5, 5.41) is 0.